The quantitative estimate of drug-likeness (QED) is 0.303. The van der Waals surface area contributed by atoms with Crippen molar-refractivity contribution in [2.24, 2.45) is 4.99 Å². The molecule has 2 aromatic rings. The van der Waals surface area contributed by atoms with Crippen LogP contribution in [0.15, 0.2) is 53.5 Å². The van der Waals surface area contributed by atoms with Gasteiger partial charge in [-0.25, -0.2) is 0 Å². The van der Waals surface area contributed by atoms with Gasteiger partial charge >= 0.3 is 0 Å². The summed E-state index contributed by atoms with van der Waals surface area (Å²) >= 11 is 0. The molecule has 0 spiro atoms. The van der Waals surface area contributed by atoms with Crippen molar-refractivity contribution in [3.63, 3.8) is 0 Å². The van der Waals surface area contributed by atoms with E-state index in [2.05, 4.69) is 46.8 Å². The SMILES string of the molecule is CCOc1ccc(CCNC(=NC)NC(C)c2ccccc2)cc1OCC.I. The van der Waals surface area contributed by atoms with Crippen LogP contribution < -0.4 is 20.1 Å². The van der Waals surface area contributed by atoms with Gasteiger partial charge in [-0.05, 0) is 50.5 Å². The van der Waals surface area contributed by atoms with Crippen LogP contribution in [-0.2, 0) is 6.42 Å². The lowest BCUT2D eigenvalue weighted by Gasteiger charge is -2.18. The third-order valence-electron chi connectivity index (χ3n) is 4.19. The topological polar surface area (TPSA) is 54.9 Å². The molecule has 0 saturated heterocycles. The maximum Gasteiger partial charge on any atom is 0.191 e. The lowest BCUT2D eigenvalue weighted by molar-refractivity contribution is 0.287. The van der Waals surface area contributed by atoms with Crippen LogP contribution in [0.3, 0.4) is 0 Å². The van der Waals surface area contributed by atoms with Crippen LogP contribution in [0.5, 0.6) is 11.5 Å². The highest BCUT2D eigenvalue weighted by Gasteiger charge is 2.08. The van der Waals surface area contributed by atoms with E-state index in [0.717, 1.165) is 30.4 Å². The molecular weight excluding hydrogens is 465 g/mol. The van der Waals surface area contributed by atoms with Crippen LogP contribution in [0, 0.1) is 0 Å². The van der Waals surface area contributed by atoms with Crippen molar-refractivity contribution in [3.8, 4) is 11.5 Å². The van der Waals surface area contributed by atoms with E-state index in [9.17, 15) is 0 Å². The van der Waals surface area contributed by atoms with E-state index in [0.29, 0.717) is 13.2 Å². The number of benzene rings is 2. The molecule has 28 heavy (non-hydrogen) atoms. The molecule has 1 atom stereocenters. The van der Waals surface area contributed by atoms with Gasteiger partial charge in [0.15, 0.2) is 17.5 Å². The third-order valence-corrected chi connectivity index (χ3v) is 4.19. The van der Waals surface area contributed by atoms with Crippen LogP contribution >= 0.6 is 24.0 Å². The van der Waals surface area contributed by atoms with Gasteiger partial charge in [-0.3, -0.25) is 4.99 Å². The minimum Gasteiger partial charge on any atom is -0.490 e. The van der Waals surface area contributed by atoms with Gasteiger partial charge in [0.1, 0.15) is 0 Å². The molecule has 0 heterocycles. The molecule has 2 rings (SSSR count). The van der Waals surface area contributed by atoms with Crippen molar-refractivity contribution < 1.29 is 9.47 Å². The second-order valence-electron chi connectivity index (χ2n) is 6.17. The lowest BCUT2D eigenvalue weighted by Crippen LogP contribution is -2.39. The maximum absolute atomic E-state index is 5.70. The molecular formula is C22H32IN3O2. The highest BCUT2D eigenvalue weighted by atomic mass is 127. The number of nitrogens with one attached hydrogen (secondary N) is 2. The summed E-state index contributed by atoms with van der Waals surface area (Å²) in [6.45, 7) is 8.11. The molecule has 0 radical (unpaired) electrons. The zero-order chi connectivity index (χ0) is 19.5. The van der Waals surface area contributed by atoms with Crippen LogP contribution in [0.1, 0.15) is 37.9 Å². The minimum atomic E-state index is 0. The monoisotopic (exact) mass is 497 g/mol. The fraction of sp³-hybridized carbons (Fsp3) is 0.409. The first-order valence-electron chi connectivity index (χ1n) is 9.58. The van der Waals surface area contributed by atoms with E-state index in [1.54, 1.807) is 7.05 Å². The Morgan fingerprint density at radius 1 is 1.00 bits per heavy atom. The molecule has 0 aromatic heterocycles. The predicted molar refractivity (Wildman–Crippen MR) is 127 cm³/mol. The molecule has 2 N–H and O–H groups in total. The van der Waals surface area contributed by atoms with Crippen LogP contribution in [0.4, 0.5) is 0 Å². The van der Waals surface area contributed by atoms with Gasteiger partial charge < -0.3 is 20.1 Å². The van der Waals surface area contributed by atoms with Crippen molar-refractivity contribution in [1.82, 2.24) is 10.6 Å². The lowest BCUT2D eigenvalue weighted by atomic mass is 10.1. The van der Waals surface area contributed by atoms with Crippen molar-refractivity contribution in [1.29, 1.82) is 0 Å². The van der Waals surface area contributed by atoms with Crippen LogP contribution in [0.25, 0.3) is 0 Å². The maximum atomic E-state index is 5.70. The van der Waals surface area contributed by atoms with Gasteiger partial charge in [0.25, 0.3) is 0 Å². The van der Waals surface area contributed by atoms with Crippen molar-refractivity contribution in [2.75, 3.05) is 26.8 Å². The van der Waals surface area contributed by atoms with E-state index < -0.39 is 0 Å². The number of ether oxygens (including phenoxy) is 2. The van der Waals surface area contributed by atoms with Gasteiger partial charge in [-0.15, -0.1) is 24.0 Å². The largest absolute Gasteiger partial charge is 0.490 e. The zero-order valence-electron chi connectivity index (χ0n) is 17.2. The molecule has 154 valence electrons. The number of hydrogen-bond donors (Lipinski definition) is 2. The first-order chi connectivity index (χ1) is 13.2. The number of halogens is 1. The van der Waals surface area contributed by atoms with Crippen molar-refractivity contribution in [3.05, 3.63) is 59.7 Å². The molecule has 0 aliphatic heterocycles. The van der Waals surface area contributed by atoms with E-state index in [-0.39, 0.29) is 30.0 Å². The van der Waals surface area contributed by atoms with Crippen molar-refractivity contribution in [2.45, 2.75) is 33.2 Å². The average molecular weight is 497 g/mol. The summed E-state index contributed by atoms with van der Waals surface area (Å²) in [5, 5.41) is 6.80. The summed E-state index contributed by atoms with van der Waals surface area (Å²) in [6, 6.07) is 16.6. The molecule has 0 saturated carbocycles. The summed E-state index contributed by atoms with van der Waals surface area (Å²) in [4.78, 5) is 4.32. The second-order valence-corrected chi connectivity index (χ2v) is 6.17. The average Bonchev–Trinajstić information content (AvgIpc) is 2.70. The zero-order valence-corrected chi connectivity index (χ0v) is 19.5. The predicted octanol–water partition coefficient (Wildman–Crippen LogP) is 4.57. The number of aliphatic imine (C=N–C) groups is 1. The Kier molecular flexibility index (Phi) is 11.4. The van der Waals surface area contributed by atoms with E-state index in [1.165, 1.54) is 11.1 Å². The molecule has 0 aliphatic rings. The molecule has 6 heteroatoms. The smallest absolute Gasteiger partial charge is 0.191 e. The standard InChI is InChI=1S/C22H31N3O2.HI/c1-5-26-20-13-12-18(16-21(20)27-6-2)14-15-24-22(23-4)25-17(3)19-10-8-7-9-11-19;/h7-13,16-17H,5-6,14-15H2,1-4H3,(H2,23,24,25);1H. The Hall–Kier alpha value is -1.96. The van der Waals surface area contributed by atoms with Gasteiger partial charge in [0.05, 0.1) is 19.3 Å². The number of nitrogens with zero attached hydrogens (tertiary/aromatic N) is 1. The first kappa shape index (κ1) is 24.1. The summed E-state index contributed by atoms with van der Waals surface area (Å²) in [7, 11) is 1.79. The summed E-state index contributed by atoms with van der Waals surface area (Å²) in [5.41, 5.74) is 2.43. The summed E-state index contributed by atoms with van der Waals surface area (Å²) < 4.78 is 11.3. The Bertz CT molecular complexity index is 723. The van der Waals surface area contributed by atoms with E-state index in [1.807, 2.05) is 38.1 Å². The van der Waals surface area contributed by atoms with Crippen LogP contribution in [-0.4, -0.2) is 32.8 Å². The van der Waals surface area contributed by atoms with Crippen LogP contribution in [0.2, 0.25) is 0 Å². The fourth-order valence-corrected chi connectivity index (χ4v) is 2.80. The molecule has 0 fully saturated rings. The van der Waals surface area contributed by atoms with E-state index in [4.69, 9.17) is 9.47 Å². The Balaban J connectivity index is 0.00000392. The highest BCUT2D eigenvalue weighted by Crippen LogP contribution is 2.28. The normalized spacial score (nSPS) is 11.9. The Morgan fingerprint density at radius 3 is 2.32 bits per heavy atom. The highest BCUT2D eigenvalue weighted by molar-refractivity contribution is 14.0. The minimum absolute atomic E-state index is 0. The number of rotatable bonds is 9. The van der Waals surface area contributed by atoms with Crippen molar-refractivity contribution >= 4 is 29.9 Å². The van der Waals surface area contributed by atoms with Gasteiger partial charge in [-0.2, -0.15) is 0 Å². The first-order valence-corrected chi connectivity index (χ1v) is 9.58. The summed E-state index contributed by atoms with van der Waals surface area (Å²) in [6.07, 6.45) is 0.868. The molecule has 0 amide bonds. The number of hydrogen-bond acceptors (Lipinski definition) is 3. The molecule has 2 aromatic carbocycles. The van der Waals surface area contributed by atoms with E-state index >= 15 is 0 Å². The Morgan fingerprint density at radius 2 is 1.68 bits per heavy atom. The molecule has 1 unspecified atom stereocenters. The molecule has 0 bridgehead atoms. The fourth-order valence-electron chi connectivity index (χ4n) is 2.80. The molecule has 0 aliphatic carbocycles. The van der Waals surface area contributed by atoms with Gasteiger partial charge in [0, 0.05) is 13.6 Å². The van der Waals surface area contributed by atoms with Gasteiger partial charge in [-0.1, -0.05) is 36.4 Å². The Labute approximate surface area is 186 Å². The van der Waals surface area contributed by atoms with Gasteiger partial charge in [0.2, 0.25) is 0 Å². The molecule has 5 nitrogen and oxygen atoms in total. The number of guanidine groups is 1. The third kappa shape index (κ3) is 7.58. The second kappa shape index (κ2) is 13.3. The summed E-state index contributed by atoms with van der Waals surface area (Å²) in [5.74, 6) is 2.39.